The van der Waals surface area contributed by atoms with Gasteiger partial charge in [0.2, 0.25) is 0 Å². The number of hydrogen-bond donors (Lipinski definition) is 1. The van der Waals surface area contributed by atoms with Crippen LogP contribution in [0.4, 0.5) is 0 Å². The zero-order valence-corrected chi connectivity index (χ0v) is 12.8. The third-order valence-electron chi connectivity index (χ3n) is 3.26. The Morgan fingerprint density at radius 1 is 1.05 bits per heavy atom. The summed E-state index contributed by atoms with van der Waals surface area (Å²) in [5, 5.41) is 4.79. The number of benzene rings is 2. The summed E-state index contributed by atoms with van der Waals surface area (Å²) in [5.41, 5.74) is 1.51. The summed E-state index contributed by atoms with van der Waals surface area (Å²) in [5.74, 6) is -0.158. The van der Waals surface area contributed by atoms with E-state index in [1.807, 2.05) is 54.6 Å². The van der Waals surface area contributed by atoms with Crippen molar-refractivity contribution in [2.45, 2.75) is 6.54 Å². The maximum atomic E-state index is 12.3. The second kappa shape index (κ2) is 6.06. The van der Waals surface area contributed by atoms with Crippen LogP contribution in [-0.4, -0.2) is 10.9 Å². The molecule has 0 fully saturated rings. The minimum absolute atomic E-state index is 0.158. The molecular weight excluding hydrogens is 328 g/mol. The summed E-state index contributed by atoms with van der Waals surface area (Å²) in [6, 6.07) is 17.5. The maximum absolute atomic E-state index is 12.3. The number of nitrogens with one attached hydrogen (secondary N) is 1. The van der Waals surface area contributed by atoms with Gasteiger partial charge in [0.25, 0.3) is 5.91 Å². The van der Waals surface area contributed by atoms with Gasteiger partial charge in [-0.05, 0) is 29.1 Å². The second-order valence-corrected chi connectivity index (χ2v) is 5.61. The molecule has 1 amide bonds. The van der Waals surface area contributed by atoms with E-state index in [1.165, 1.54) is 0 Å². The highest BCUT2D eigenvalue weighted by Crippen LogP contribution is 2.16. The summed E-state index contributed by atoms with van der Waals surface area (Å²) in [4.78, 5) is 16.5. The first-order valence-electron chi connectivity index (χ1n) is 6.60. The number of hydrogen-bond acceptors (Lipinski definition) is 2. The smallest absolute Gasteiger partial charge is 0.270 e. The molecule has 2 aromatic carbocycles. The van der Waals surface area contributed by atoms with Gasteiger partial charge in [-0.3, -0.25) is 9.78 Å². The maximum Gasteiger partial charge on any atom is 0.270 e. The Balaban J connectivity index is 1.79. The van der Waals surface area contributed by atoms with Crippen LogP contribution in [0.1, 0.15) is 16.1 Å². The van der Waals surface area contributed by atoms with Gasteiger partial charge in [-0.15, -0.1) is 0 Å². The van der Waals surface area contributed by atoms with Crippen LogP contribution in [0.25, 0.3) is 10.8 Å². The molecule has 1 heterocycles. The lowest BCUT2D eigenvalue weighted by atomic mass is 10.1. The monoisotopic (exact) mass is 340 g/mol. The van der Waals surface area contributed by atoms with E-state index >= 15 is 0 Å². The third kappa shape index (κ3) is 3.11. The number of carbonyl (C=O) groups is 1. The number of fused-ring (bicyclic) bond motifs is 1. The molecule has 0 radical (unpaired) electrons. The van der Waals surface area contributed by atoms with Crippen molar-refractivity contribution in [2.24, 2.45) is 0 Å². The minimum atomic E-state index is -0.158. The fourth-order valence-electron chi connectivity index (χ4n) is 2.17. The lowest BCUT2D eigenvalue weighted by molar-refractivity contribution is 0.0948. The van der Waals surface area contributed by atoms with Gasteiger partial charge in [-0.25, -0.2) is 0 Å². The summed E-state index contributed by atoms with van der Waals surface area (Å²) < 4.78 is 1.02. The number of rotatable bonds is 3. The summed E-state index contributed by atoms with van der Waals surface area (Å²) >= 11 is 3.39. The number of aromatic nitrogens is 1. The average Bonchev–Trinajstić information content (AvgIpc) is 2.53. The molecule has 104 valence electrons. The predicted octanol–water partition coefficient (Wildman–Crippen LogP) is 3.93. The highest BCUT2D eigenvalue weighted by Gasteiger charge is 2.10. The fourth-order valence-corrected chi connectivity index (χ4v) is 2.43. The molecule has 3 rings (SSSR count). The van der Waals surface area contributed by atoms with E-state index in [2.05, 4.69) is 26.2 Å². The third-order valence-corrected chi connectivity index (χ3v) is 3.78. The Kier molecular flexibility index (Phi) is 3.97. The lowest BCUT2D eigenvalue weighted by Crippen LogP contribution is -2.24. The Bertz CT molecular complexity index is 779. The first-order chi connectivity index (χ1) is 10.2. The van der Waals surface area contributed by atoms with Crippen LogP contribution < -0.4 is 5.32 Å². The van der Waals surface area contributed by atoms with E-state index in [0.29, 0.717) is 12.2 Å². The number of pyridine rings is 1. The first kappa shape index (κ1) is 13.8. The van der Waals surface area contributed by atoms with Gasteiger partial charge < -0.3 is 5.32 Å². The molecule has 0 saturated carbocycles. The van der Waals surface area contributed by atoms with E-state index in [0.717, 1.165) is 20.8 Å². The molecule has 1 N–H and O–H groups in total. The van der Waals surface area contributed by atoms with Gasteiger partial charge in [0.05, 0.1) is 0 Å². The van der Waals surface area contributed by atoms with Crippen molar-refractivity contribution < 1.29 is 4.79 Å². The number of amides is 1. The van der Waals surface area contributed by atoms with Crippen LogP contribution in [0, 0.1) is 0 Å². The first-order valence-corrected chi connectivity index (χ1v) is 7.40. The Morgan fingerprint density at radius 2 is 1.81 bits per heavy atom. The normalized spacial score (nSPS) is 10.5. The molecule has 0 aliphatic carbocycles. The molecule has 0 bridgehead atoms. The van der Waals surface area contributed by atoms with E-state index in [4.69, 9.17) is 0 Å². The van der Waals surface area contributed by atoms with Crippen LogP contribution in [0.15, 0.2) is 65.3 Å². The molecular formula is C17H13BrN2O. The zero-order chi connectivity index (χ0) is 14.7. The lowest BCUT2D eigenvalue weighted by Gasteiger charge is -2.07. The topological polar surface area (TPSA) is 42.0 Å². The quantitative estimate of drug-likeness (QED) is 0.784. The molecule has 0 saturated heterocycles. The second-order valence-electron chi connectivity index (χ2n) is 4.69. The average molecular weight is 341 g/mol. The molecule has 21 heavy (non-hydrogen) atoms. The standard InChI is InChI=1S/C17H13BrN2O/c18-14-7-5-12(6-8-14)11-20-17(21)16-15-4-2-1-3-13(15)9-10-19-16/h1-10H,11H2,(H,20,21). The summed E-state index contributed by atoms with van der Waals surface area (Å²) in [7, 11) is 0. The number of carbonyl (C=O) groups excluding carboxylic acids is 1. The fraction of sp³-hybridized carbons (Fsp3) is 0.0588. The zero-order valence-electron chi connectivity index (χ0n) is 11.2. The highest BCUT2D eigenvalue weighted by molar-refractivity contribution is 9.10. The van der Waals surface area contributed by atoms with Gasteiger partial charge in [-0.2, -0.15) is 0 Å². The van der Waals surface area contributed by atoms with Gasteiger partial charge in [0, 0.05) is 22.6 Å². The van der Waals surface area contributed by atoms with Crippen LogP contribution in [0.3, 0.4) is 0 Å². The van der Waals surface area contributed by atoms with Crippen molar-refractivity contribution in [3.63, 3.8) is 0 Å². The molecule has 1 aromatic heterocycles. The molecule has 0 spiro atoms. The van der Waals surface area contributed by atoms with Crippen LogP contribution in [0.2, 0.25) is 0 Å². The Hall–Kier alpha value is -2.20. The molecule has 4 heteroatoms. The van der Waals surface area contributed by atoms with Crippen LogP contribution in [-0.2, 0) is 6.54 Å². The van der Waals surface area contributed by atoms with Gasteiger partial charge >= 0.3 is 0 Å². The Labute approximate surface area is 131 Å². The van der Waals surface area contributed by atoms with Crippen molar-refractivity contribution in [3.05, 3.63) is 76.5 Å². The van der Waals surface area contributed by atoms with Gasteiger partial charge in [0.15, 0.2) is 0 Å². The molecule has 0 aliphatic heterocycles. The SMILES string of the molecule is O=C(NCc1ccc(Br)cc1)c1nccc2ccccc12. The van der Waals surface area contributed by atoms with Crippen molar-refractivity contribution in [1.82, 2.24) is 10.3 Å². The predicted molar refractivity (Wildman–Crippen MR) is 87.1 cm³/mol. The summed E-state index contributed by atoms with van der Waals surface area (Å²) in [6.07, 6.45) is 1.66. The molecule has 0 atom stereocenters. The van der Waals surface area contributed by atoms with E-state index in [9.17, 15) is 4.79 Å². The highest BCUT2D eigenvalue weighted by atomic mass is 79.9. The molecule has 0 unspecified atom stereocenters. The summed E-state index contributed by atoms with van der Waals surface area (Å²) in [6.45, 7) is 0.483. The molecule has 3 aromatic rings. The minimum Gasteiger partial charge on any atom is -0.347 e. The van der Waals surface area contributed by atoms with E-state index in [-0.39, 0.29) is 5.91 Å². The largest absolute Gasteiger partial charge is 0.347 e. The van der Waals surface area contributed by atoms with E-state index in [1.54, 1.807) is 6.20 Å². The number of halogens is 1. The van der Waals surface area contributed by atoms with Crippen LogP contribution >= 0.6 is 15.9 Å². The number of nitrogens with zero attached hydrogens (tertiary/aromatic N) is 1. The van der Waals surface area contributed by atoms with E-state index < -0.39 is 0 Å². The molecule has 0 aliphatic rings. The van der Waals surface area contributed by atoms with Gasteiger partial charge in [0.1, 0.15) is 5.69 Å². The molecule has 3 nitrogen and oxygen atoms in total. The Morgan fingerprint density at radius 3 is 2.62 bits per heavy atom. The van der Waals surface area contributed by atoms with Gasteiger partial charge in [-0.1, -0.05) is 52.3 Å². The van der Waals surface area contributed by atoms with Crippen LogP contribution in [0.5, 0.6) is 0 Å². The van der Waals surface area contributed by atoms with Crippen molar-refractivity contribution in [3.8, 4) is 0 Å². The van der Waals surface area contributed by atoms with Crippen molar-refractivity contribution in [2.75, 3.05) is 0 Å². The van der Waals surface area contributed by atoms with Crippen molar-refractivity contribution in [1.29, 1.82) is 0 Å². The van der Waals surface area contributed by atoms with Crippen molar-refractivity contribution >= 4 is 32.6 Å².